The van der Waals surface area contributed by atoms with Crippen LogP contribution in [0.15, 0.2) is 18.3 Å². The van der Waals surface area contributed by atoms with Crippen molar-refractivity contribution in [2.75, 3.05) is 31.1 Å². The van der Waals surface area contributed by atoms with E-state index in [1.807, 2.05) is 0 Å². The molecular weight excluding hydrogens is 355 g/mol. The molecule has 1 aromatic carbocycles. The molecule has 9 heteroatoms. The molecule has 5 N–H and O–H groups in total. The van der Waals surface area contributed by atoms with Gasteiger partial charge < -0.3 is 26.5 Å². The summed E-state index contributed by atoms with van der Waals surface area (Å²) >= 11 is 1.28. The number of aromatic nitrogens is 2. The van der Waals surface area contributed by atoms with Gasteiger partial charge in [-0.2, -0.15) is 0 Å². The molecule has 4 rings (SSSR count). The van der Waals surface area contributed by atoms with Crippen LogP contribution >= 0.6 is 11.3 Å². The van der Waals surface area contributed by atoms with Gasteiger partial charge >= 0.3 is 0 Å². The molecule has 0 bridgehead atoms. The van der Waals surface area contributed by atoms with Crippen molar-refractivity contribution in [3.63, 3.8) is 0 Å². The second kappa shape index (κ2) is 6.65. The number of benzene rings is 1. The van der Waals surface area contributed by atoms with Crippen molar-refractivity contribution in [3.05, 3.63) is 29.7 Å². The number of nitrogens with zero attached hydrogens (tertiary/aromatic N) is 3. The highest BCUT2D eigenvalue weighted by molar-refractivity contribution is 7.18. The van der Waals surface area contributed by atoms with Crippen molar-refractivity contribution in [1.29, 1.82) is 5.41 Å². The summed E-state index contributed by atoms with van der Waals surface area (Å²) < 4.78 is 14.6. The minimum atomic E-state index is -0.619. The molecule has 2 unspecified atom stereocenters. The summed E-state index contributed by atoms with van der Waals surface area (Å²) in [4.78, 5) is 2.19. The highest BCUT2D eigenvalue weighted by Crippen LogP contribution is 2.39. The lowest BCUT2D eigenvalue weighted by molar-refractivity contribution is 0.471. The molecule has 1 aromatic heterocycles. The van der Waals surface area contributed by atoms with Crippen molar-refractivity contribution in [1.82, 2.24) is 15.5 Å². The number of anilines is 1. The summed E-state index contributed by atoms with van der Waals surface area (Å²) in [7, 11) is 0. The molecule has 0 spiro atoms. The van der Waals surface area contributed by atoms with E-state index in [9.17, 15) is 9.50 Å². The maximum absolute atomic E-state index is 14.6. The molecule has 0 radical (unpaired) electrons. The van der Waals surface area contributed by atoms with Crippen molar-refractivity contribution < 1.29 is 9.50 Å². The first kappa shape index (κ1) is 16.9. The number of aromatic hydroxyl groups is 1. The van der Waals surface area contributed by atoms with Crippen molar-refractivity contribution >= 4 is 28.3 Å². The van der Waals surface area contributed by atoms with E-state index >= 15 is 0 Å². The van der Waals surface area contributed by atoms with Crippen molar-refractivity contribution in [2.24, 2.45) is 17.6 Å². The van der Waals surface area contributed by atoms with E-state index in [0.29, 0.717) is 28.0 Å². The van der Waals surface area contributed by atoms with Crippen LogP contribution in [0.4, 0.5) is 9.52 Å². The van der Waals surface area contributed by atoms with Gasteiger partial charge in [0, 0.05) is 44.2 Å². The Kier molecular flexibility index (Phi) is 4.33. The first-order valence-electron chi connectivity index (χ1n) is 8.35. The molecule has 0 amide bonds. The van der Waals surface area contributed by atoms with E-state index < -0.39 is 5.82 Å². The van der Waals surface area contributed by atoms with E-state index in [1.165, 1.54) is 29.7 Å². The van der Waals surface area contributed by atoms with Gasteiger partial charge in [0.25, 0.3) is 0 Å². The van der Waals surface area contributed by atoms with Crippen LogP contribution in [-0.4, -0.2) is 47.7 Å². The lowest BCUT2D eigenvalue weighted by Gasteiger charge is -2.14. The highest BCUT2D eigenvalue weighted by atomic mass is 32.1. The monoisotopic (exact) mass is 374 g/mol. The van der Waals surface area contributed by atoms with Gasteiger partial charge in [-0.1, -0.05) is 11.3 Å². The fraction of sp³-hybridized carbons (Fsp3) is 0.353. The molecule has 3 heterocycles. The molecular formula is C17H19FN6OS. The van der Waals surface area contributed by atoms with E-state index in [1.54, 1.807) is 0 Å². The Labute approximate surface area is 153 Å². The molecule has 0 aliphatic carbocycles. The second-order valence-electron chi connectivity index (χ2n) is 6.59. The van der Waals surface area contributed by atoms with Crippen LogP contribution in [0, 0.1) is 23.1 Å². The van der Waals surface area contributed by atoms with Crippen LogP contribution in [0.3, 0.4) is 0 Å². The van der Waals surface area contributed by atoms with Gasteiger partial charge in [0.15, 0.2) is 5.01 Å². The minimum Gasteiger partial charge on any atom is -0.507 e. The third kappa shape index (κ3) is 2.82. The predicted molar refractivity (Wildman–Crippen MR) is 100.0 cm³/mol. The maximum Gasteiger partial charge on any atom is 0.208 e. The van der Waals surface area contributed by atoms with Crippen LogP contribution < -0.4 is 16.0 Å². The predicted octanol–water partition coefficient (Wildman–Crippen LogP) is 1.65. The van der Waals surface area contributed by atoms with Gasteiger partial charge in [-0.3, -0.25) is 0 Å². The summed E-state index contributed by atoms with van der Waals surface area (Å²) in [6.45, 7) is 3.88. The Morgan fingerprint density at radius 3 is 2.69 bits per heavy atom. The van der Waals surface area contributed by atoms with Crippen LogP contribution in [0.2, 0.25) is 0 Å². The number of rotatable bonds is 4. The van der Waals surface area contributed by atoms with Crippen molar-refractivity contribution in [3.8, 4) is 16.3 Å². The first-order valence-corrected chi connectivity index (χ1v) is 9.17. The molecule has 2 aliphatic heterocycles. The fourth-order valence-corrected chi connectivity index (χ4v) is 4.57. The lowest BCUT2D eigenvalue weighted by Crippen LogP contribution is -2.25. The average molecular weight is 374 g/mol. The number of fused-ring (bicyclic) bond motifs is 1. The lowest BCUT2D eigenvalue weighted by atomic mass is 10.0. The molecule has 26 heavy (non-hydrogen) atoms. The zero-order chi connectivity index (χ0) is 18.3. The van der Waals surface area contributed by atoms with E-state index in [2.05, 4.69) is 20.4 Å². The standard InChI is InChI=1S/C17H19FN6OS/c18-13-1-9(10(3-19)4-20)2-14(25)15(13)16-22-23-17(26-16)24-7-11-5-21-6-12(11)8-24/h1-4,11-12,19,21,25H,5-8,20H2/b10-4+,19-3?. The van der Waals surface area contributed by atoms with E-state index in [4.69, 9.17) is 11.1 Å². The smallest absolute Gasteiger partial charge is 0.208 e. The molecule has 2 aliphatic rings. The van der Waals surface area contributed by atoms with Crippen LogP contribution in [0.5, 0.6) is 5.75 Å². The Morgan fingerprint density at radius 1 is 1.35 bits per heavy atom. The van der Waals surface area contributed by atoms with Crippen molar-refractivity contribution in [2.45, 2.75) is 0 Å². The van der Waals surface area contributed by atoms with Crippen LogP contribution in [0.1, 0.15) is 5.56 Å². The number of nitrogens with two attached hydrogens (primary N) is 1. The van der Waals surface area contributed by atoms with Gasteiger partial charge in [-0.15, -0.1) is 10.2 Å². The Balaban J connectivity index is 1.62. The quantitative estimate of drug-likeness (QED) is 0.606. The summed E-state index contributed by atoms with van der Waals surface area (Å²) in [5.74, 6) is 0.376. The van der Waals surface area contributed by atoms with Gasteiger partial charge in [-0.05, 0) is 29.5 Å². The van der Waals surface area contributed by atoms with Gasteiger partial charge in [-0.25, -0.2) is 4.39 Å². The summed E-state index contributed by atoms with van der Waals surface area (Å²) in [6, 6.07) is 2.63. The summed E-state index contributed by atoms with van der Waals surface area (Å²) in [6.07, 6.45) is 2.21. The Hall–Kier alpha value is -2.52. The zero-order valence-electron chi connectivity index (χ0n) is 13.9. The average Bonchev–Trinajstić information content (AvgIpc) is 3.30. The molecule has 2 aromatic rings. The third-order valence-electron chi connectivity index (χ3n) is 5.03. The number of hydrogen-bond acceptors (Lipinski definition) is 8. The largest absolute Gasteiger partial charge is 0.507 e. The van der Waals surface area contributed by atoms with Gasteiger partial charge in [0.05, 0.1) is 5.56 Å². The van der Waals surface area contributed by atoms with E-state index in [0.717, 1.165) is 37.5 Å². The number of allylic oxidation sites excluding steroid dienone is 1. The molecule has 2 atom stereocenters. The summed E-state index contributed by atoms with van der Waals surface area (Å²) in [5.41, 5.74) is 6.12. The normalized spacial score (nSPS) is 22.7. The molecule has 2 fully saturated rings. The number of nitrogens with one attached hydrogen (secondary N) is 2. The maximum atomic E-state index is 14.6. The molecule has 2 saturated heterocycles. The van der Waals surface area contributed by atoms with Gasteiger partial charge in [0.1, 0.15) is 11.6 Å². The topological polar surface area (TPSA) is 111 Å². The number of hydrogen-bond donors (Lipinski definition) is 4. The molecule has 0 saturated carbocycles. The van der Waals surface area contributed by atoms with E-state index in [-0.39, 0.29) is 11.3 Å². The SMILES string of the molecule is N=C/C(=C\N)c1cc(O)c(-c2nnc(N3CC4CNCC4C3)s2)c(F)c1. The summed E-state index contributed by atoms with van der Waals surface area (Å²) in [5, 5.41) is 30.4. The minimum absolute atomic E-state index is 0.0277. The number of phenolic OH excluding ortho intramolecular Hbond substituents is 1. The first-order chi connectivity index (χ1) is 12.6. The number of halogens is 1. The van der Waals surface area contributed by atoms with Crippen LogP contribution in [0.25, 0.3) is 16.1 Å². The second-order valence-corrected chi connectivity index (χ2v) is 7.55. The Bertz CT molecular complexity index is 847. The zero-order valence-corrected chi connectivity index (χ0v) is 14.8. The molecule has 7 nitrogen and oxygen atoms in total. The third-order valence-corrected chi connectivity index (χ3v) is 6.03. The van der Waals surface area contributed by atoms with Crippen LogP contribution in [-0.2, 0) is 0 Å². The van der Waals surface area contributed by atoms with Gasteiger partial charge in [0.2, 0.25) is 5.13 Å². The Morgan fingerprint density at radius 2 is 2.08 bits per heavy atom. The number of phenols is 1. The fourth-order valence-electron chi connectivity index (χ4n) is 3.65. The molecule has 136 valence electrons. The highest BCUT2D eigenvalue weighted by Gasteiger charge is 2.37.